The number of nitrogens with zero attached hydrogens (tertiary/aromatic N) is 3. The molecular formula is C22H32IN5OS. The Labute approximate surface area is 200 Å². The maximum Gasteiger partial charge on any atom is 0.213 e. The molecule has 2 aliphatic rings. The molecule has 30 heavy (non-hydrogen) atoms. The van der Waals surface area contributed by atoms with Crippen LogP contribution < -0.4 is 15.4 Å². The van der Waals surface area contributed by atoms with Gasteiger partial charge in [0, 0.05) is 37.3 Å². The number of hydrogen-bond acceptors (Lipinski definition) is 5. The van der Waals surface area contributed by atoms with Crippen molar-refractivity contribution in [1.29, 1.82) is 0 Å². The Morgan fingerprint density at radius 1 is 1.27 bits per heavy atom. The molecule has 3 heterocycles. The average Bonchev–Trinajstić information content (AvgIpc) is 3.19. The van der Waals surface area contributed by atoms with Gasteiger partial charge in [-0.05, 0) is 61.7 Å². The molecule has 0 spiro atoms. The van der Waals surface area contributed by atoms with E-state index in [0.717, 1.165) is 30.6 Å². The smallest absolute Gasteiger partial charge is 0.213 e. The number of guanidine groups is 1. The van der Waals surface area contributed by atoms with E-state index < -0.39 is 0 Å². The van der Waals surface area contributed by atoms with Crippen molar-refractivity contribution >= 4 is 41.3 Å². The highest BCUT2D eigenvalue weighted by molar-refractivity contribution is 14.0. The Bertz CT molecular complexity index is 773. The van der Waals surface area contributed by atoms with Crippen molar-refractivity contribution in [2.45, 2.75) is 38.3 Å². The first-order valence-electron chi connectivity index (χ1n) is 10.6. The summed E-state index contributed by atoms with van der Waals surface area (Å²) in [5.74, 6) is 2.28. The lowest BCUT2D eigenvalue weighted by molar-refractivity contribution is 0.249. The van der Waals surface area contributed by atoms with Crippen LogP contribution in [0.4, 0.5) is 0 Å². The molecule has 164 valence electrons. The number of thiophene rings is 1. The number of rotatable bonds is 9. The Hall–Kier alpha value is -1.39. The highest BCUT2D eigenvalue weighted by Gasteiger charge is 2.24. The van der Waals surface area contributed by atoms with E-state index in [0.29, 0.717) is 18.5 Å². The van der Waals surface area contributed by atoms with Crippen LogP contribution in [0.1, 0.15) is 42.2 Å². The highest BCUT2D eigenvalue weighted by atomic mass is 127. The standard InChI is InChI=1S/C22H31N5OS.HI/c1-23-22(25-14-18-8-9-21(24-13-18)28-16-17-6-7-17)26-15-19(20-5-4-12-29-20)27-10-2-3-11-27;/h4-5,8-9,12-13,17,19H,2-3,6-7,10-11,14-16H2,1H3,(H2,23,25,26);1H. The molecule has 1 saturated carbocycles. The lowest BCUT2D eigenvalue weighted by atomic mass is 10.2. The minimum Gasteiger partial charge on any atom is -0.477 e. The molecule has 0 amide bonds. The number of hydrogen-bond donors (Lipinski definition) is 2. The third kappa shape index (κ3) is 6.81. The number of ether oxygens (including phenoxy) is 1. The first kappa shape index (κ1) is 23.3. The van der Waals surface area contributed by atoms with Gasteiger partial charge >= 0.3 is 0 Å². The summed E-state index contributed by atoms with van der Waals surface area (Å²) in [6, 6.07) is 8.80. The predicted octanol–water partition coefficient (Wildman–Crippen LogP) is 4.05. The Balaban J connectivity index is 0.00000256. The molecule has 2 aromatic rings. The first-order valence-corrected chi connectivity index (χ1v) is 11.5. The quantitative estimate of drug-likeness (QED) is 0.285. The van der Waals surface area contributed by atoms with Gasteiger partial charge in [-0.1, -0.05) is 12.1 Å². The lowest BCUT2D eigenvalue weighted by Gasteiger charge is -2.27. The zero-order valence-corrected chi connectivity index (χ0v) is 20.7. The summed E-state index contributed by atoms with van der Waals surface area (Å²) >= 11 is 1.84. The molecule has 2 N–H and O–H groups in total. The molecule has 8 heteroatoms. The summed E-state index contributed by atoms with van der Waals surface area (Å²) in [6.07, 6.45) is 7.05. The van der Waals surface area contributed by atoms with Crippen LogP contribution in [0.15, 0.2) is 40.8 Å². The molecule has 1 aliphatic heterocycles. The van der Waals surface area contributed by atoms with Crippen LogP contribution in [0.3, 0.4) is 0 Å². The maximum absolute atomic E-state index is 5.71. The molecule has 0 radical (unpaired) electrons. The molecule has 2 fully saturated rings. The topological polar surface area (TPSA) is 61.8 Å². The lowest BCUT2D eigenvalue weighted by Crippen LogP contribution is -2.42. The summed E-state index contributed by atoms with van der Waals surface area (Å²) in [4.78, 5) is 12.8. The molecule has 0 bridgehead atoms. The van der Waals surface area contributed by atoms with Gasteiger partial charge in [-0.2, -0.15) is 0 Å². The van der Waals surface area contributed by atoms with E-state index in [-0.39, 0.29) is 24.0 Å². The van der Waals surface area contributed by atoms with E-state index in [1.54, 1.807) is 0 Å². The van der Waals surface area contributed by atoms with Gasteiger partial charge in [0.15, 0.2) is 5.96 Å². The number of halogens is 1. The summed E-state index contributed by atoms with van der Waals surface area (Å²) in [5, 5.41) is 9.08. The highest BCUT2D eigenvalue weighted by Crippen LogP contribution is 2.29. The minimum absolute atomic E-state index is 0. The van der Waals surface area contributed by atoms with Crippen molar-refractivity contribution in [1.82, 2.24) is 20.5 Å². The number of aromatic nitrogens is 1. The van der Waals surface area contributed by atoms with Gasteiger partial charge in [-0.15, -0.1) is 35.3 Å². The van der Waals surface area contributed by atoms with Crippen LogP contribution in [0.5, 0.6) is 5.88 Å². The zero-order valence-electron chi connectivity index (χ0n) is 17.5. The second-order valence-corrected chi connectivity index (χ2v) is 8.82. The van der Waals surface area contributed by atoms with Crippen LogP contribution in [0.25, 0.3) is 0 Å². The van der Waals surface area contributed by atoms with Crippen LogP contribution in [-0.4, -0.2) is 49.1 Å². The molecular weight excluding hydrogens is 509 g/mol. The van der Waals surface area contributed by atoms with E-state index >= 15 is 0 Å². The Kier molecular flexibility index (Phi) is 9.20. The normalized spacial score (nSPS) is 18.0. The fraction of sp³-hybridized carbons (Fsp3) is 0.545. The van der Waals surface area contributed by atoms with Crippen LogP contribution >= 0.6 is 35.3 Å². The van der Waals surface area contributed by atoms with E-state index in [1.807, 2.05) is 30.6 Å². The summed E-state index contributed by atoms with van der Waals surface area (Å²) < 4.78 is 5.71. The van der Waals surface area contributed by atoms with Gasteiger partial charge in [0.05, 0.1) is 12.6 Å². The van der Waals surface area contributed by atoms with Crippen molar-refractivity contribution < 1.29 is 4.74 Å². The van der Waals surface area contributed by atoms with Gasteiger partial charge < -0.3 is 15.4 Å². The molecule has 6 nitrogen and oxygen atoms in total. The predicted molar refractivity (Wildman–Crippen MR) is 134 cm³/mol. The van der Waals surface area contributed by atoms with E-state index in [2.05, 4.69) is 49.1 Å². The van der Waals surface area contributed by atoms with Crippen molar-refractivity contribution in [3.8, 4) is 5.88 Å². The van der Waals surface area contributed by atoms with Gasteiger partial charge in [0.25, 0.3) is 0 Å². The number of aliphatic imine (C=N–C) groups is 1. The van der Waals surface area contributed by atoms with E-state index in [1.165, 1.54) is 43.6 Å². The van der Waals surface area contributed by atoms with Gasteiger partial charge in [0.2, 0.25) is 5.88 Å². The van der Waals surface area contributed by atoms with Crippen LogP contribution in [0.2, 0.25) is 0 Å². The molecule has 1 unspecified atom stereocenters. The van der Waals surface area contributed by atoms with Gasteiger partial charge in [-0.3, -0.25) is 9.89 Å². The van der Waals surface area contributed by atoms with E-state index in [4.69, 9.17) is 4.74 Å². The number of nitrogens with one attached hydrogen (secondary N) is 2. The third-order valence-electron chi connectivity index (χ3n) is 5.56. The second-order valence-electron chi connectivity index (χ2n) is 7.84. The summed E-state index contributed by atoms with van der Waals surface area (Å²) in [7, 11) is 1.82. The molecule has 0 aromatic carbocycles. The second kappa shape index (κ2) is 11.9. The zero-order chi connectivity index (χ0) is 19.9. The summed E-state index contributed by atoms with van der Waals surface area (Å²) in [5.41, 5.74) is 1.11. The largest absolute Gasteiger partial charge is 0.477 e. The molecule has 1 atom stereocenters. The minimum atomic E-state index is 0. The molecule has 1 saturated heterocycles. The first-order chi connectivity index (χ1) is 14.3. The van der Waals surface area contributed by atoms with Gasteiger partial charge in [0.1, 0.15) is 0 Å². The maximum atomic E-state index is 5.71. The number of likely N-dealkylation sites (tertiary alicyclic amines) is 1. The molecule has 2 aromatic heterocycles. The van der Waals surface area contributed by atoms with Crippen molar-refractivity contribution in [3.05, 3.63) is 46.3 Å². The number of pyridine rings is 1. The third-order valence-corrected chi connectivity index (χ3v) is 6.53. The van der Waals surface area contributed by atoms with Crippen molar-refractivity contribution in [2.24, 2.45) is 10.9 Å². The summed E-state index contributed by atoms with van der Waals surface area (Å²) in [6.45, 7) is 4.69. The van der Waals surface area contributed by atoms with E-state index in [9.17, 15) is 0 Å². The Morgan fingerprint density at radius 2 is 2.10 bits per heavy atom. The molecule has 4 rings (SSSR count). The monoisotopic (exact) mass is 541 g/mol. The SMILES string of the molecule is CN=C(NCc1ccc(OCC2CC2)nc1)NCC(c1cccs1)N1CCCC1.I. The van der Waals surface area contributed by atoms with Crippen LogP contribution in [0, 0.1) is 5.92 Å². The van der Waals surface area contributed by atoms with Crippen molar-refractivity contribution in [3.63, 3.8) is 0 Å². The van der Waals surface area contributed by atoms with Crippen LogP contribution in [-0.2, 0) is 6.54 Å². The molecule has 1 aliphatic carbocycles. The van der Waals surface area contributed by atoms with Crippen molar-refractivity contribution in [2.75, 3.05) is 33.3 Å². The Morgan fingerprint density at radius 3 is 2.73 bits per heavy atom. The average molecular weight is 542 g/mol. The van der Waals surface area contributed by atoms with Gasteiger partial charge in [-0.25, -0.2) is 4.98 Å². The fourth-order valence-electron chi connectivity index (χ4n) is 3.63. The fourth-order valence-corrected chi connectivity index (χ4v) is 4.49.